The lowest BCUT2D eigenvalue weighted by atomic mass is 9.89. The van der Waals surface area contributed by atoms with E-state index in [4.69, 9.17) is 10.5 Å². The summed E-state index contributed by atoms with van der Waals surface area (Å²) in [5.41, 5.74) is 6.40. The number of aromatic nitrogens is 2. The molecule has 0 aromatic carbocycles. The van der Waals surface area contributed by atoms with E-state index in [2.05, 4.69) is 12.0 Å². The SMILES string of the molecule is CCn1cc(N)c(C(=O)OC2CCC(C)CC2)n1. The highest BCUT2D eigenvalue weighted by Gasteiger charge is 2.24. The Kier molecular flexibility index (Phi) is 3.89. The second-order valence-electron chi connectivity index (χ2n) is 5.08. The van der Waals surface area contributed by atoms with E-state index >= 15 is 0 Å². The Morgan fingerprint density at radius 1 is 1.50 bits per heavy atom. The molecule has 2 rings (SSSR count). The number of ether oxygens (including phenoxy) is 1. The molecular formula is C13H21N3O2. The topological polar surface area (TPSA) is 70.1 Å². The highest BCUT2D eigenvalue weighted by Crippen LogP contribution is 2.26. The van der Waals surface area contributed by atoms with Crippen LogP contribution in [0.1, 0.15) is 50.0 Å². The molecule has 0 aliphatic heterocycles. The van der Waals surface area contributed by atoms with Crippen LogP contribution < -0.4 is 5.73 Å². The van der Waals surface area contributed by atoms with Gasteiger partial charge >= 0.3 is 5.97 Å². The first-order valence-corrected chi connectivity index (χ1v) is 6.64. The number of anilines is 1. The molecule has 1 fully saturated rings. The van der Waals surface area contributed by atoms with Gasteiger partial charge in [-0.2, -0.15) is 5.10 Å². The average Bonchev–Trinajstić information content (AvgIpc) is 2.73. The smallest absolute Gasteiger partial charge is 0.361 e. The zero-order valence-corrected chi connectivity index (χ0v) is 11.1. The van der Waals surface area contributed by atoms with Crippen molar-refractivity contribution in [1.82, 2.24) is 9.78 Å². The van der Waals surface area contributed by atoms with Gasteiger partial charge in [-0.3, -0.25) is 4.68 Å². The number of esters is 1. The molecule has 1 aromatic rings. The lowest BCUT2D eigenvalue weighted by molar-refractivity contribution is 0.0167. The molecule has 0 radical (unpaired) electrons. The molecular weight excluding hydrogens is 230 g/mol. The number of hydrogen-bond acceptors (Lipinski definition) is 4. The standard InChI is InChI=1S/C13H21N3O2/c1-3-16-8-11(14)12(15-16)13(17)18-10-6-4-9(2)5-7-10/h8-10H,3-7,14H2,1-2H3. The van der Waals surface area contributed by atoms with Gasteiger partial charge in [-0.05, 0) is 38.5 Å². The van der Waals surface area contributed by atoms with Crippen molar-refractivity contribution in [1.29, 1.82) is 0 Å². The number of nitrogen functional groups attached to an aromatic ring is 1. The van der Waals surface area contributed by atoms with Crippen molar-refractivity contribution in [3.05, 3.63) is 11.9 Å². The van der Waals surface area contributed by atoms with Crippen molar-refractivity contribution in [3.63, 3.8) is 0 Å². The average molecular weight is 251 g/mol. The van der Waals surface area contributed by atoms with Crippen molar-refractivity contribution >= 4 is 11.7 Å². The molecule has 0 saturated heterocycles. The number of hydrogen-bond donors (Lipinski definition) is 1. The van der Waals surface area contributed by atoms with E-state index in [1.807, 2.05) is 6.92 Å². The molecule has 5 nitrogen and oxygen atoms in total. The molecule has 0 spiro atoms. The molecule has 18 heavy (non-hydrogen) atoms. The summed E-state index contributed by atoms with van der Waals surface area (Å²) >= 11 is 0. The van der Waals surface area contributed by atoms with Crippen LogP contribution >= 0.6 is 0 Å². The van der Waals surface area contributed by atoms with Crippen molar-refractivity contribution in [3.8, 4) is 0 Å². The van der Waals surface area contributed by atoms with Gasteiger partial charge in [0.15, 0.2) is 5.69 Å². The maximum Gasteiger partial charge on any atom is 0.361 e. The minimum Gasteiger partial charge on any atom is -0.458 e. The maximum atomic E-state index is 12.0. The van der Waals surface area contributed by atoms with Gasteiger partial charge in [-0.15, -0.1) is 0 Å². The fraction of sp³-hybridized carbons (Fsp3) is 0.692. The van der Waals surface area contributed by atoms with E-state index in [1.165, 1.54) is 0 Å². The zero-order valence-electron chi connectivity index (χ0n) is 11.1. The van der Waals surface area contributed by atoms with Gasteiger partial charge in [0.05, 0.1) is 5.69 Å². The molecule has 0 unspecified atom stereocenters. The predicted molar refractivity (Wildman–Crippen MR) is 69.1 cm³/mol. The maximum absolute atomic E-state index is 12.0. The molecule has 1 saturated carbocycles. The second-order valence-corrected chi connectivity index (χ2v) is 5.08. The summed E-state index contributed by atoms with van der Waals surface area (Å²) in [6.07, 6.45) is 5.83. The van der Waals surface area contributed by atoms with Crippen LogP contribution in [0.5, 0.6) is 0 Å². The molecule has 0 amide bonds. The third-order valence-corrected chi connectivity index (χ3v) is 3.54. The Morgan fingerprint density at radius 3 is 2.72 bits per heavy atom. The quantitative estimate of drug-likeness (QED) is 0.836. The number of nitrogens with two attached hydrogens (primary N) is 1. The Hall–Kier alpha value is -1.52. The van der Waals surface area contributed by atoms with Crippen LogP contribution in [0.3, 0.4) is 0 Å². The molecule has 100 valence electrons. The van der Waals surface area contributed by atoms with Crippen LogP contribution in [0, 0.1) is 5.92 Å². The third-order valence-electron chi connectivity index (χ3n) is 3.54. The predicted octanol–water partition coefficient (Wildman–Crippen LogP) is 2.22. The number of carbonyl (C=O) groups is 1. The Morgan fingerprint density at radius 2 is 2.17 bits per heavy atom. The normalized spacial score (nSPS) is 23.9. The van der Waals surface area contributed by atoms with Gasteiger partial charge in [0.1, 0.15) is 6.10 Å². The third kappa shape index (κ3) is 2.83. The van der Waals surface area contributed by atoms with Crippen LogP contribution in [-0.2, 0) is 11.3 Å². The van der Waals surface area contributed by atoms with Gasteiger partial charge in [-0.25, -0.2) is 4.79 Å². The summed E-state index contributed by atoms with van der Waals surface area (Å²) in [5.74, 6) is 0.351. The summed E-state index contributed by atoms with van der Waals surface area (Å²) in [4.78, 5) is 12.0. The molecule has 2 N–H and O–H groups in total. The van der Waals surface area contributed by atoms with E-state index in [-0.39, 0.29) is 17.8 Å². The lowest BCUT2D eigenvalue weighted by Crippen LogP contribution is -2.24. The van der Waals surface area contributed by atoms with Gasteiger partial charge in [-0.1, -0.05) is 6.92 Å². The summed E-state index contributed by atoms with van der Waals surface area (Å²) in [7, 11) is 0. The number of carbonyl (C=O) groups excluding carboxylic acids is 1. The van der Waals surface area contributed by atoms with Crippen LogP contribution in [0.2, 0.25) is 0 Å². The first-order valence-electron chi connectivity index (χ1n) is 6.64. The van der Waals surface area contributed by atoms with E-state index in [1.54, 1.807) is 10.9 Å². The highest BCUT2D eigenvalue weighted by molar-refractivity contribution is 5.92. The van der Waals surface area contributed by atoms with Crippen molar-refractivity contribution in [2.24, 2.45) is 5.92 Å². The minimum absolute atomic E-state index is 0.0277. The van der Waals surface area contributed by atoms with Gasteiger partial charge in [0.25, 0.3) is 0 Å². The van der Waals surface area contributed by atoms with Crippen molar-refractivity contribution in [2.75, 3.05) is 5.73 Å². The monoisotopic (exact) mass is 251 g/mol. The lowest BCUT2D eigenvalue weighted by Gasteiger charge is -2.25. The van der Waals surface area contributed by atoms with E-state index in [0.29, 0.717) is 12.2 Å². The van der Waals surface area contributed by atoms with E-state index in [9.17, 15) is 4.79 Å². The number of rotatable bonds is 3. The Labute approximate surface area is 107 Å². The Bertz CT molecular complexity index is 420. The fourth-order valence-corrected chi connectivity index (χ4v) is 2.31. The summed E-state index contributed by atoms with van der Waals surface area (Å²) in [6, 6.07) is 0. The van der Waals surface area contributed by atoms with Crippen LogP contribution in [0.4, 0.5) is 5.69 Å². The Balaban J connectivity index is 1.96. The molecule has 0 atom stereocenters. The molecule has 1 aliphatic carbocycles. The summed E-state index contributed by atoms with van der Waals surface area (Å²) < 4.78 is 7.12. The molecule has 0 bridgehead atoms. The fourth-order valence-electron chi connectivity index (χ4n) is 2.31. The van der Waals surface area contributed by atoms with Crippen LogP contribution in [0.15, 0.2) is 6.20 Å². The van der Waals surface area contributed by atoms with Crippen LogP contribution in [0.25, 0.3) is 0 Å². The molecule has 1 aliphatic rings. The zero-order chi connectivity index (χ0) is 13.1. The molecule has 1 aromatic heterocycles. The van der Waals surface area contributed by atoms with Gasteiger partial charge < -0.3 is 10.5 Å². The van der Waals surface area contributed by atoms with Gasteiger partial charge in [0.2, 0.25) is 0 Å². The summed E-state index contributed by atoms with van der Waals surface area (Å²) in [6.45, 7) is 4.88. The van der Waals surface area contributed by atoms with E-state index < -0.39 is 0 Å². The minimum atomic E-state index is -0.390. The number of aryl methyl sites for hydroxylation is 1. The first kappa shape index (κ1) is 12.9. The first-order chi connectivity index (χ1) is 8.60. The number of nitrogens with zero attached hydrogens (tertiary/aromatic N) is 2. The van der Waals surface area contributed by atoms with Crippen molar-refractivity contribution in [2.45, 2.75) is 52.2 Å². The van der Waals surface area contributed by atoms with Crippen molar-refractivity contribution < 1.29 is 9.53 Å². The van der Waals surface area contributed by atoms with E-state index in [0.717, 1.165) is 31.6 Å². The molecule has 5 heteroatoms. The van der Waals surface area contributed by atoms with Crippen LogP contribution in [-0.4, -0.2) is 21.9 Å². The second kappa shape index (κ2) is 5.42. The summed E-state index contributed by atoms with van der Waals surface area (Å²) in [5, 5.41) is 4.13. The van der Waals surface area contributed by atoms with Gasteiger partial charge in [0, 0.05) is 12.7 Å². The highest BCUT2D eigenvalue weighted by atomic mass is 16.5. The molecule has 1 heterocycles. The largest absolute Gasteiger partial charge is 0.458 e.